The summed E-state index contributed by atoms with van der Waals surface area (Å²) in [5, 5.41) is 1.22. The van der Waals surface area contributed by atoms with Gasteiger partial charge in [-0.05, 0) is 31.5 Å². The topological polar surface area (TPSA) is 72.4 Å². The van der Waals surface area contributed by atoms with Crippen LogP contribution in [0.4, 0.5) is 5.13 Å². The minimum Gasteiger partial charge on any atom is -0.462 e. The number of carbonyl (C=O) groups is 2. The molecule has 4 aromatic rings. The number of fused-ring (bicyclic) bond motifs is 1. The van der Waals surface area contributed by atoms with Gasteiger partial charge in [0, 0.05) is 11.6 Å². The minimum absolute atomic E-state index is 0.202. The van der Waals surface area contributed by atoms with E-state index >= 15 is 0 Å². The number of para-hydroxylation sites is 1. The fourth-order valence-corrected chi connectivity index (χ4v) is 4.26. The number of pyridine rings is 1. The predicted octanol–water partition coefficient (Wildman–Crippen LogP) is 5.02. The first kappa shape index (κ1) is 20.7. The van der Waals surface area contributed by atoms with E-state index < -0.39 is 5.97 Å². The molecular weight excluding hydrogens is 410 g/mol. The molecule has 2 aromatic heterocycles. The standard InChI is InChI=1S/C24H21N3O3S/c1-3-30-23(29)21-16(2)26-24(31-21)27(15-17-9-5-4-6-10-17)22(28)19-13-14-25-20-12-8-7-11-18(19)20/h4-14H,3,15H2,1-2H3. The van der Waals surface area contributed by atoms with Crippen LogP contribution < -0.4 is 4.90 Å². The molecule has 0 bridgehead atoms. The van der Waals surface area contributed by atoms with E-state index in [4.69, 9.17) is 4.74 Å². The Morgan fingerprint density at radius 1 is 1.03 bits per heavy atom. The second kappa shape index (κ2) is 9.06. The first-order chi connectivity index (χ1) is 15.1. The van der Waals surface area contributed by atoms with Crippen molar-refractivity contribution in [2.75, 3.05) is 11.5 Å². The predicted molar refractivity (Wildman–Crippen MR) is 122 cm³/mol. The average Bonchev–Trinajstić information content (AvgIpc) is 3.19. The Hall–Kier alpha value is -3.58. The van der Waals surface area contributed by atoms with Crippen LogP contribution in [0.5, 0.6) is 0 Å². The molecule has 0 aliphatic carbocycles. The van der Waals surface area contributed by atoms with Gasteiger partial charge in [-0.15, -0.1) is 0 Å². The van der Waals surface area contributed by atoms with Crippen molar-refractivity contribution in [1.29, 1.82) is 0 Å². The Morgan fingerprint density at radius 2 is 1.77 bits per heavy atom. The van der Waals surface area contributed by atoms with Crippen molar-refractivity contribution in [3.8, 4) is 0 Å². The van der Waals surface area contributed by atoms with Crippen molar-refractivity contribution in [2.45, 2.75) is 20.4 Å². The van der Waals surface area contributed by atoms with Crippen LogP contribution in [-0.2, 0) is 11.3 Å². The molecule has 0 unspecified atom stereocenters. The van der Waals surface area contributed by atoms with Gasteiger partial charge < -0.3 is 4.74 Å². The number of ether oxygens (including phenoxy) is 1. The van der Waals surface area contributed by atoms with Crippen LogP contribution in [0, 0.1) is 6.92 Å². The molecule has 0 aliphatic heterocycles. The zero-order valence-electron chi connectivity index (χ0n) is 17.2. The fourth-order valence-electron chi connectivity index (χ4n) is 3.30. The quantitative estimate of drug-likeness (QED) is 0.401. The van der Waals surface area contributed by atoms with Crippen molar-refractivity contribution in [2.24, 2.45) is 0 Å². The Bertz CT molecular complexity index is 1230. The molecule has 2 heterocycles. The lowest BCUT2D eigenvalue weighted by molar-refractivity contribution is 0.0531. The van der Waals surface area contributed by atoms with E-state index in [2.05, 4.69) is 9.97 Å². The third kappa shape index (κ3) is 4.32. The maximum atomic E-state index is 13.7. The second-order valence-corrected chi connectivity index (χ2v) is 7.86. The van der Waals surface area contributed by atoms with Crippen molar-refractivity contribution in [1.82, 2.24) is 9.97 Å². The number of rotatable bonds is 6. The van der Waals surface area contributed by atoms with Crippen LogP contribution in [-0.4, -0.2) is 28.5 Å². The van der Waals surface area contributed by atoms with Gasteiger partial charge in [0.1, 0.15) is 4.88 Å². The normalized spacial score (nSPS) is 10.8. The third-order valence-electron chi connectivity index (χ3n) is 4.79. The van der Waals surface area contributed by atoms with Gasteiger partial charge in [0.15, 0.2) is 5.13 Å². The van der Waals surface area contributed by atoms with E-state index in [0.717, 1.165) is 16.5 Å². The number of hydrogen-bond acceptors (Lipinski definition) is 6. The van der Waals surface area contributed by atoms with Crippen LogP contribution in [0.15, 0.2) is 66.9 Å². The summed E-state index contributed by atoms with van der Waals surface area (Å²) in [5.41, 5.74) is 2.78. The Morgan fingerprint density at radius 3 is 2.55 bits per heavy atom. The van der Waals surface area contributed by atoms with Gasteiger partial charge in [-0.1, -0.05) is 59.9 Å². The molecule has 0 atom stereocenters. The lowest BCUT2D eigenvalue weighted by Crippen LogP contribution is -2.30. The number of carbonyl (C=O) groups excluding carboxylic acids is 2. The number of amides is 1. The average molecular weight is 432 g/mol. The number of hydrogen-bond donors (Lipinski definition) is 0. The van der Waals surface area contributed by atoms with Gasteiger partial charge in [-0.25, -0.2) is 9.78 Å². The molecule has 0 saturated carbocycles. The van der Waals surface area contributed by atoms with Gasteiger partial charge in [0.2, 0.25) is 0 Å². The van der Waals surface area contributed by atoms with Crippen LogP contribution in [0.2, 0.25) is 0 Å². The molecule has 0 aliphatic rings. The highest BCUT2D eigenvalue weighted by atomic mass is 32.1. The monoisotopic (exact) mass is 431 g/mol. The van der Waals surface area contributed by atoms with Crippen molar-refractivity contribution in [3.05, 3.63) is 88.6 Å². The van der Waals surface area contributed by atoms with E-state index in [-0.39, 0.29) is 12.5 Å². The molecule has 1 amide bonds. The lowest BCUT2D eigenvalue weighted by atomic mass is 10.1. The summed E-state index contributed by atoms with van der Waals surface area (Å²) in [4.78, 5) is 37.0. The molecule has 0 saturated heterocycles. The van der Waals surface area contributed by atoms with Gasteiger partial charge in [0.25, 0.3) is 5.91 Å². The van der Waals surface area contributed by atoms with Gasteiger partial charge in [-0.3, -0.25) is 14.7 Å². The summed E-state index contributed by atoms with van der Waals surface area (Å²) in [7, 11) is 0. The number of anilines is 1. The maximum absolute atomic E-state index is 13.7. The molecule has 0 radical (unpaired) electrons. The third-order valence-corrected chi connectivity index (χ3v) is 5.95. The van der Waals surface area contributed by atoms with Crippen LogP contribution in [0.1, 0.15) is 38.2 Å². The maximum Gasteiger partial charge on any atom is 0.350 e. The molecule has 4 rings (SSSR count). The summed E-state index contributed by atoms with van der Waals surface area (Å²) >= 11 is 1.17. The Kier molecular flexibility index (Phi) is 6.04. The zero-order valence-corrected chi connectivity index (χ0v) is 18.1. The van der Waals surface area contributed by atoms with Crippen molar-refractivity contribution < 1.29 is 14.3 Å². The number of benzene rings is 2. The number of esters is 1. The van der Waals surface area contributed by atoms with E-state index in [1.54, 1.807) is 31.0 Å². The number of thiazole rings is 1. The molecular formula is C24H21N3O3S. The molecule has 2 aromatic carbocycles. The Balaban J connectivity index is 1.79. The molecule has 7 heteroatoms. The van der Waals surface area contributed by atoms with Gasteiger partial charge in [-0.2, -0.15) is 0 Å². The lowest BCUT2D eigenvalue weighted by Gasteiger charge is -2.21. The molecule has 0 N–H and O–H groups in total. The Labute approximate surface area is 184 Å². The largest absolute Gasteiger partial charge is 0.462 e. The van der Waals surface area contributed by atoms with Crippen LogP contribution in [0.3, 0.4) is 0 Å². The highest BCUT2D eigenvalue weighted by Crippen LogP contribution is 2.30. The summed E-state index contributed by atoms with van der Waals surface area (Å²) < 4.78 is 5.14. The summed E-state index contributed by atoms with van der Waals surface area (Å²) in [6.07, 6.45) is 1.63. The van der Waals surface area contributed by atoms with E-state index in [0.29, 0.717) is 27.8 Å². The van der Waals surface area contributed by atoms with E-state index in [9.17, 15) is 9.59 Å². The first-order valence-corrected chi connectivity index (χ1v) is 10.7. The molecule has 0 fully saturated rings. The van der Waals surface area contributed by atoms with Gasteiger partial charge >= 0.3 is 5.97 Å². The minimum atomic E-state index is -0.426. The smallest absolute Gasteiger partial charge is 0.350 e. The molecule has 6 nitrogen and oxygen atoms in total. The van der Waals surface area contributed by atoms with Crippen molar-refractivity contribution >= 4 is 39.2 Å². The number of nitrogens with zero attached hydrogens (tertiary/aromatic N) is 3. The molecule has 156 valence electrons. The van der Waals surface area contributed by atoms with E-state index in [1.165, 1.54) is 11.3 Å². The zero-order chi connectivity index (χ0) is 21.8. The SMILES string of the molecule is CCOC(=O)c1sc(N(Cc2ccccc2)C(=O)c2ccnc3ccccc23)nc1C. The summed E-state index contributed by atoms with van der Waals surface area (Å²) in [6.45, 7) is 4.11. The van der Waals surface area contributed by atoms with Crippen LogP contribution >= 0.6 is 11.3 Å². The molecule has 0 spiro atoms. The summed E-state index contributed by atoms with van der Waals surface area (Å²) in [5.74, 6) is -0.628. The van der Waals surface area contributed by atoms with Gasteiger partial charge in [0.05, 0.1) is 29.9 Å². The highest BCUT2D eigenvalue weighted by Gasteiger charge is 2.26. The second-order valence-electron chi connectivity index (χ2n) is 6.88. The molecule has 31 heavy (non-hydrogen) atoms. The number of aryl methyl sites for hydroxylation is 1. The van der Waals surface area contributed by atoms with Crippen molar-refractivity contribution in [3.63, 3.8) is 0 Å². The summed E-state index contributed by atoms with van der Waals surface area (Å²) in [6, 6.07) is 18.9. The fraction of sp³-hybridized carbons (Fsp3) is 0.167. The first-order valence-electron chi connectivity index (χ1n) is 9.92. The highest BCUT2D eigenvalue weighted by molar-refractivity contribution is 7.17. The van der Waals surface area contributed by atoms with Crippen LogP contribution in [0.25, 0.3) is 10.9 Å². The number of aromatic nitrogens is 2. The van der Waals surface area contributed by atoms with E-state index in [1.807, 2.05) is 54.6 Å².